The van der Waals surface area contributed by atoms with Crippen LogP contribution in [0.4, 0.5) is 0 Å². The largest absolute Gasteiger partial charge is 2.00 e. The van der Waals surface area contributed by atoms with Gasteiger partial charge in [0.2, 0.25) is 0 Å². The Morgan fingerprint density at radius 3 is 0.333 bits per heavy atom. The molecule has 0 aliphatic carbocycles. The van der Waals surface area contributed by atoms with Crippen molar-refractivity contribution in [3.63, 3.8) is 0 Å². The summed E-state index contributed by atoms with van der Waals surface area (Å²) in [5.74, 6) is 0. The minimum Gasteiger partial charge on any atom is -2.00 e. The molecule has 0 radical (unpaired) electrons. The maximum absolute atomic E-state index is 0. The maximum atomic E-state index is 0. The van der Waals surface area contributed by atoms with Crippen molar-refractivity contribution >= 4 is 27.0 Å². The molecule has 6 heteroatoms. The van der Waals surface area contributed by atoms with Crippen molar-refractivity contribution in [2.24, 2.45) is 0 Å². The molecule has 0 rings (SSSR count). The molecule has 0 saturated heterocycles. The monoisotopic (exact) mass is 852 g/mol. The van der Waals surface area contributed by atoms with Gasteiger partial charge in [0.15, 0.2) is 0 Å². The van der Waals surface area contributed by atoms with Crippen LogP contribution in [0.2, 0.25) is 0 Å². The molecule has 0 atom stereocenters. The standard InChI is InChI=1S/4Au.2S/q4*+1;2*-2. The molecule has 56 valence electrons. The fraction of sp³-hybridized carbons (Fsp3) is 0. The molecule has 0 bridgehead atoms. The second kappa shape index (κ2) is 37.9. The molecule has 0 unspecified atom stereocenters. The van der Waals surface area contributed by atoms with E-state index in [0.29, 0.717) is 0 Å². The molecular weight excluding hydrogens is 852 g/mol. The molecule has 0 spiro atoms. The van der Waals surface area contributed by atoms with E-state index in [1.54, 1.807) is 0 Å². The van der Waals surface area contributed by atoms with E-state index in [4.69, 9.17) is 0 Å². The van der Waals surface area contributed by atoms with Crippen molar-refractivity contribution in [1.82, 2.24) is 0 Å². The summed E-state index contributed by atoms with van der Waals surface area (Å²) in [5, 5.41) is 0. The first-order valence-corrected chi connectivity index (χ1v) is 0. The van der Waals surface area contributed by atoms with Gasteiger partial charge >= 0.3 is 89.5 Å². The summed E-state index contributed by atoms with van der Waals surface area (Å²) >= 11 is 0. The van der Waals surface area contributed by atoms with E-state index in [1.165, 1.54) is 0 Å². The predicted octanol–water partition coefficient (Wildman–Crippen LogP) is -0.0148. The third kappa shape index (κ3) is 25.4. The van der Waals surface area contributed by atoms with E-state index in [2.05, 4.69) is 0 Å². The molecule has 0 nitrogen and oxygen atoms in total. The molecule has 0 aromatic rings. The summed E-state index contributed by atoms with van der Waals surface area (Å²) in [6, 6.07) is 0. The van der Waals surface area contributed by atoms with Gasteiger partial charge in [-0.05, 0) is 0 Å². The Balaban J connectivity index is 0. The SMILES string of the molecule is [Au+].[Au+].[Au+].[Au+].[S-2].[S-2]. The second-order valence-electron chi connectivity index (χ2n) is 0. The summed E-state index contributed by atoms with van der Waals surface area (Å²) < 4.78 is 0. The van der Waals surface area contributed by atoms with E-state index < -0.39 is 0 Å². The average molecular weight is 852 g/mol. The smallest absolute Gasteiger partial charge is 1.00 e. The van der Waals surface area contributed by atoms with Crippen LogP contribution in [0.3, 0.4) is 0 Å². The zero-order chi connectivity index (χ0) is 0. The van der Waals surface area contributed by atoms with Gasteiger partial charge in [0.1, 0.15) is 0 Å². The van der Waals surface area contributed by atoms with Crippen LogP contribution in [0.1, 0.15) is 0 Å². The van der Waals surface area contributed by atoms with E-state index in [-0.39, 0.29) is 117 Å². The van der Waals surface area contributed by atoms with E-state index in [1.807, 2.05) is 0 Å². The van der Waals surface area contributed by atoms with Gasteiger partial charge in [0, 0.05) is 0 Å². The fourth-order valence-electron chi connectivity index (χ4n) is 0. The number of rotatable bonds is 0. The molecular formula is Au4S2. The average Bonchev–Trinajstić information content (AvgIpc) is 0. The zero-order valence-corrected chi connectivity index (χ0v) is 12.3. The molecule has 6 heavy (non-hydrogen) atoms. The van der Waals surface area contributed by atoms with Gasteiger partial charge in [0.25, 0.3) is 0 Å². The Morgan fingerprint density at radius 1 is 0.333 bits per heavy atom. The normalized spacial score (nSPS) is 0. The van der Waals surface area contributed by atoms with Crippen LogP contribution < -0.4 is 0 Å². The second-order valence-corrected chi connectivity index (χ2v) is 0. The van der Waals surface area contributed by atoms with Crippen molar-refractivity contribution < 1.29 is 89.5 Å². The third-order valence-electron chi connectivity index (χ3n) is 0. The molecule has 0 fully saturated rings. The van der Waals surface area contributed by atoms with Gasteiger partial charge < -0.3 is 27.0 Å². The zero-order valence-electron chi connectivity index (χ0n) is 2.02. The van der Waals surface area contributed by atoms with Crippen molar-refractivity contribution in [1.29, 1.82) is 0 Å². The summed E-state index contributed by atoms with van der Waals surface area (Å²) in [4.78, 5) is 0. The van der Waals surface area contributed by atoms with Gasteiger partial charge in [-0.3, -0.25) is 0 Å². The molecule has 0 heterocycles. The Labute approximate surface area is 114 Å². The van der Waals surface area contributed by atoms with Crippen molar-refractivity contribution in [3.05, 3.63) is 0 Å². The van der Waals surface area contributed by atoms with Crippen LogP contribution in [0.25, 0.3) is 0 Å². The third-order valence-corrected chi connectivity index (χ3v) is 0. The van der Waals surface area contributed by atoms with Gasteiger partial charge in [-0.15, -0.1) is 0 Å². The first kappa shape index (κ1) is 54.1. The topological polar surface area (TPSA) is 0 Å². The quantitative estimate of drug-likeness (QED) is 0.302. The first-order chi connectivity index (χ1) is 0. The number of hydrogen-bond acceptors (Lipinski definition) is 0. The van der Waals surface area contributed by atoms with Gasteiger partial charge in [0.05, 0.1) is 0 Å². The molecule has 0 N–H and O–H groups in total. The minimum atomic E-state index is 0. The Kier molecular flexibility index (Phi) is 342. The van der Waals surface area contributed by atoms with E-state index in [9.17, 15) is 0 Å². The maximum Gasteiger partial charge on any atom is 1.00 e. The summed E-state index contributed by atoms with van der Waals surface area (Å²) in [5.41, 5.74) is 0. The summed E-state index contributed by atoms with van der Waals surface area (Å²) in [6.07, 6.45) is 0. The predicted molar refractivity (Wildman–Crippen MR) is 14.7 cm³/mol. The number of hydrogen-bond donors (Lipinski definition) is 0. The fourth-order valence-corrected chi connectivity index (χ4v) is 0. The van der Waals surface area contributed by atoms with E-state index >= 15 is 0 Å². The van der Waals surface area contributed by atoms with Crippen LogP contribution in [0.15, 0.2) is 0 Å². The summed E-state index contributed by atoms with van der Waals surface area (Å²) in [6.45, 7) is 0. The Hall–Kier alpha value is 3.66. The Morgan fingerprint density at radius 2 is 0.333 bits per heavy atom. The van der Waals surface area contributed by atoms with Crippen LogP contribution in [0, 0.1) is 0 Å². The van der Waals surface area contributed by atoms with E-state index in [0.717, 1.165) is 0 Å². The van der Waals surface area contributed by atoms with Crippen LogP contribution >= 0.6 is 0 Å². The molecule has 0 saturated carbocycles. The minimum absolute atomic E-state index is 0. The van der Waals surface area contributed by atoms with Crippen molar-refractivity contribution in [2.45, 2.75) is 0 Å². The van der Waals surface area contributed by atoms with Gasteiger partial charge in [-0.25, -0.2) is 0 Å². The van der Waals surface area contributed by atoms with Crippen molar-refractivity contribution in [2.75, 3.05) is 0 Å². The molecule has 0 amide bonds. The molecule has 0 aromatic carbocycles. The first-order valence-electron chi connectivity index (χ1n) is 0. The van der Waals surface area contributed by atoms with Crippen LogP contribution in [0.5, 0.6) is 0 Å². The molecule has 0 aromatic heterocycles. The van der Waals surface area contributed by atoms with Gasteiger partial charge in [-0.1, -0.05) is 0 Å². The molecule has 0 aliphatic rings. The van der Waals surface area contributed by atoms with Crippen LogP contribution in [-0.4, -0.2) is 0 Å². The molecule has 0 aliphatic heterocycles. The van der Waals surface area contributed by atoms with Crippen LogP contribution in [-0.2, 0) is 117 Å². The van der Waals surface area contributed by atoms with Crippen molar-refractivity contribution in [3.8, 4) is 0 Å². The summed E-state index contributed by atoms with van der Waals surface area (Å²) in [7, 11) is 0. The Bertz CT molecular complexity index is 5.51. The van der Waals surface area contributed by atoms with Gasteiger partial charge in [-0.2, -0.15) is 0 Å².